The fraction of sp³-hybridized carbons (Fsp3) is 0.643. The number of aliphatic hydroxyl groups is 2. The number of hydrogen-bond donors (Lipinski definition) is 2. The number of halogens is 1. The first-order chi connectivity index (χ1) is 9.20. The molecule has 0 radical (unpaired) electrons. The molecule has 2 N–H and O–H groups in total. The van der Waals surface area contributed by atoms with Gasteiger partial charge in [-0.15, -0.1) is 0 Å². The maximum atomic E-state index is 12.7. The lowest BCUT2D eigenvalue weighted by molar-refractivity contribution is 0.0754. The predicted molar refractivity (Wildman–Crippen MR) is 70.1 cm³/mol. The number of pyridine rings is 1. The summed E-state index contributed by atoms with van der Waals surface area (Å²) in [7, 11) is 0. The van der Waals surface area contributed by atoms with Gasteiger partial charge in [0.05, 0.1) is 24.6 Å². The van der Waals surface area contributed by atoms with E-state index >= 15 is 0 Å². The van der Waals surface area contributed by atoms with Gasteiger partial charge in [0.25, 0.3) is 0 Å². The van der Waals surface area contributed by atoms with Gasteiger partial charge in [0.15, 0.2) is 0 Å². The van der Waals surface area contributed by atoms with E-state index in [4.69, 9.17) is 5.11 Å². The summed E-state index contributed by atoms with van der Waals surface area (Å²) in [4.78, 5) is 6.11. The van der Waals surface area contributed by atoms with Crippen molar-refractivity contribution >= 4 is 0 Å². The molecule has 1 fully saturated rings. The lowest BCUT2D eigenvalue weighted by Gasteiger charge is -2.37. The van der Waals surface area contributed by atoms with E-state index in [1.165, 1.54) is 31.4 Å². The van der Waals surface area contributed by atoms with Gasteiger partial charge in [-0.2, -0.15) is 0 Å². The molecule has 19 heavy (non-hydrogen) atoms. The van der Waals surface area contributed by atoms with Gasteiger partial charge in [-0.3, -0.25) is 9.88 Å². The van der Waals surface area contributed by atoms with Crippen LogP contribution in [0.25, 0.3) is 0 Å². The van der Waals surface area contributed by atoms with E-state index in [1.54, 1.807) is 0 Å². The average Bonchev–Trinajstić information content (AvgIpc) is 2.34. The maximum Gasteiger partial charge on any atom is 0.141 e. The number of nitrogens with zero attached hydrogens (tertiary/aromatic N) is 2. The zero-order chi connectivity index (χ0) is 13.7. The molecule has 1 aromatic heterocycles. The van der Waals surface area contributed by atoms with Gasteiger partial charge in [0.2, 0.25) is 0 Å². The molecule has 0 amide bonds. The Kier molecular flexibility index (Phi) is 5.24. The molecule has 1 aliphatic rings. The van der Waals surface area contributed by atoms with Crippen molar-refractivity contribution in [1.82, 2.24) is 9.88 Å². The third-order valence-electron chi connectivity index (χ3n) is 3.76. The van der Waals surface area contributed by atoms with Crippen LogP contribution >= 0.6 is 0 Å². The van der Waals surface area contributed by atoms with E-state index in [1.807, 2.05) is 0 Å². The van der Waals surface area contributed by atoms with Crippen LogP contribution in [0.2, 0.25) is 0 Å². The van der Waals surface area contributed by atoms with Gasteiger partial charge >= 0.3 is 0 Å². The van der Waals surface area contributed by atoms with Crippen molar-refractivity contribution in [1.29, 1.82) is 0 Å². The van der Waals surface area contributed by atoms with Crippen LogP contribution in [0, 0.1) is 5.82 Å². The summed E-state index contributed by atoms with van der Waals surface area (Å²) < 4.78 is 12.7. The van der Waals surface area contributed by atoms with Gasteiger partial charge in [0.1, 0.15) is 5.82 Å². The van der Waals surface area contributed by atoms with Crippen LogP contribution < -0.4 is 0 Å². The molecule has 1 heterocycles. The van der Waals surface area contributed by atoms with E-state index in [0.717, 1.165) is 12.7 Å². The van der Waals surface area contributed by atoms with Crippen molar-refractivity contribution in [3.05, 3.63) is 29.8 Å². The SMILES string of the molecule is OCCN(CCC(O)c1ccc(F)cn1)C1CCC1. The molecule has 0 aliphatic heterocycles. The second-order valence-corrected chi connectivity index (χ2v) is 5.05. The summed E-state index contributed by atoms with van der Waals surface area (Å²) in [5.74, 6) is -0.396. The first-order valence-electron chi connectivity index (χ1n) is 6.85. The minimum Gasteiger partial charge on any atom is -0.395 e. The highest BCUT2D eigenvalue weighted by molar-refractivity contribution is 5.08. The summed E-state index contributed by atoms with van der Waals surface area (Å²) in [5, 5.41) is 19.1. The largest absolute Gasteiger partial charge is 0.395 e. The van der Waals surface area contributed by atoms with Crippen molar-refractivity contribution in [3.63, 3.8) is 0 Å². The molecule has 1 atom stereocenters. The highest BCUT2D eigenvalue weighted by Crippen LogP contribution is 2.25. The Morgan fingerprint density at radius 1 is 1.37 bits per heavy atom. The Morgan fingerprint density at radius 3 is 2.68 bits per heavy atom. The van der Waals surface area contributed by atoms with Gasteiger partial charge in [0, 0.05) is 19.1 Å². The van der Waals surface area contributed by atoms with Crippen molar-refractivity contribution in [2.24, 2.45) is 0 Å². The Labute approximate surface area is 112 Å². The second-order valence-electron chi connectivity index (χ2n) is 5.05. The molecule has 4 nitrogen and oxygen atoms in total. The molecule has 5 heteroatoms. The Hall–Kier alpha value is -1.04. The quantitative estimate of drug-likeness (QED) is 0.786. The highest BCUT2D eigenvalue weighted by Gasteiger charge is 2.24. The van der Waals surface area contributed by atoms with E-state index < -0.39 is 11.9 Å². The molecule has 106 valence electrons. The summed E-state index contributed by atoms with van der Waals surface area (Å²) in [5.41, 5.74) is 0.499. The first-order valence-corrected chi connectivity index (χ1v) is 6.85. The van der Waals surface area contributed by atoms with Crippen LogP contribution in [0.4, 0.5) is 4.39 Å². The van der Waals surface area contributed by atoms with Crippen LogP contribution in [-0.4, -0.2) is 45.8 Å². The van der Waals surface area contributed by atoms with Gasteiger partial charge in [-0.25, -0.2) is 4.39 Å². The van der Waals surface area contributed by atoms with Crippen molar-refractivity contribution in [2.45, 2.75) is 37.8 Å². The fourth-order valence-electron chi connectivity index (χ4n) is 2.38. The number of aromatic nitrogens is 1. The standard InChI is InChI=1S/C14H21FN2O2/c15-11-4-5-13(16-10-11)14(19)6-7-17(8-9-18)12-2-1-3-12/h4-5,10,12,14,18-19H,1-3,6-9H2. The van der Waals surface area contributed by atoms with Gasteiger partial charge < -0.3 is 10.2 Å². The van der Waals surface area contributed by atoms with Gasteiger partial charge in [-0.05, 0) is 31.4 Å². The van der Waals surface area contributed by atoms with E-state index in [9.17, 15) is 9.50 Å². The molecule has 0 aromatic carbocycles. The van der Waals surface area contributed by atoms with Crippen LogP contribution in [0.3, 0.4) is 0 Å². The predicted octanol–water partition coefficient (Wildman–Crippen LogP) is 1.49. The van der Waals surface area contributed by atoms with Crippen molar-refractivity contribution < 1.29 is 14.6 Å². The van der Waals surface area contributed by atoms with Crippen LogP contribution in [0.5, 0.6) is 0 Å². The summed E-state index contributed by atoms with van der Waals surface area (Å²) in [6.45, 7) is 1.51. The second kappa shape index (κ2) is 6.93. The molecule has 1 saturated carbocycles. The monoisotopic (exact) mass is 268 g/mol. The molecule has 0 saturated heterocycles. The molecule has 1 aromatic rings. The number of aliphatic hydroxyl groups excluding tert-OH is 2. The zero-order valence-corrected chi connectivity index (χ0v) is 11.0. The smallest absolute Gasteiger partial charge is 0.141 e. The normalized spacial score (nSPS) is 17.5. The number of hydrogen-bond acceptors (Lipinski definition) is 4. The molecular formula is C14H21FN2O2. The topological polar surface area (TPSA) is 56.6 Å². The third-order valence-corrected chi connectivity index (χ3v) is 3.76. The van der Waals surface area contributed by atoms with Crippen molar-refractivity contribution in [2.75, 3.05) is 19.7 Å². The number of rotatable bonds is 7. The van der Waals surface area contributed by atoms with Crippen LogP contribution in [0.1, 0.15) is 37.5 Å². The first kappa shape index (κ1) is 14.4. The summed E-state index contributed by atoms with van der Waals surface area (Å²) >= 11 is 0. The summed E-state index contributed by atoms with van der Waals surface area (Å²) in [6, 6.07) is 3.36. The zero-order valence-electron chi connectivity index (χ0n) is 11.0. The highest BCUT2D eigenvalue weighted by atomic mass is 19.1. The van der Waals surface area contributed by atoms with E-state index in [-0.39, 0.29) is 6.61 Å². The molecule has 0 bridgehead atoms. The fourth-order valence-corrected chi connectivity index (χ4v) is 2.38. The molecule has 1 unspecified atom stereocenters. The maximum absolute atomic E-state index is 12.7. The average molecular weight is 268 g/mol. The lowest BCUT2D eigenvalue weighted by atomic mass is 9.91. The van der Waals surface area contributed by atoms with E-state index in [0.29, 0.717) is 24.7 Å². The Balaban J connectivity index is 1.83. The molecule has 0 spiro atoms. The molecule has 1 aliphatic carbocycles. The summed E-state index contributed by atoms with van der Waals surface area (Å²) in [6.07, 6.45) is 4.58. The Morgan fingerprint density at radius 2 is 2.16 bits per heavy atom. The third kappa shape index (κ3) is 3.96. The minimum absolute atomic E-state index is 0.140. The van der Waals surface area contributed by atoms with Crippen LogP contribution in [-0.2, 0) is 0 Å². The van der Waals surface area contributed by atoms with Crippen molar-refractivity contribution in [3.8, 4) is 0 Å². The van der Waals surface area contributed by atoms with Crippen LogP contribution in [0.15, 0.2) is 18.3 Å². The Bertz CT molecular complexity index is 382. The molecular weight excluding hydrogens is 247 g/mol. The minimum atomic E-state index is -0.679. The van der Waals surface area contributed by atoms with E-state index in [2.05, 4.69) is 9.88 Å². The molecule has 2 rings (SSSR count). The van der Waals surface area contributed by atoms with Gasteiger partial charge in [-0.1, -0.05) is 6.42 Å². The lowest BCUT2D eigenvalue weighted by Crippen LogP contribution is -2.42.